The molecule has 24 heavy (non-hydrogen) atoms. The molecule has 1 amide bonds. The van der Waals surface area contributed by atoms with E-state index < -0.39 is 6.09 Å². The zero-order valence-corrected chi connectivity index (χ0v) is 13.5. The number of fused-ring (bicyclic) bond motifs is 1. The first-order valence-electron chi connectivity index (χ1n) is 7.64. The van der Waals surface area contributed by atoms with Gasteiger partial charge in [-0.2, -0.15) is 0 Å². The summed E-state index contributed by atoms with van der Waals surface area (Å²) < 4.78 is 17.2. The molecule has 0 aromatic heterocycles. The van der Waals surface area contributed by atoms with Crippen LogP contribution in [0.25, 0.3) is 0 Å². The molecule has 1 aliphatic rings. The van der Waals surface area contributed by atoms with E-state index in [4.69, 9.17) is 19.3 Å². The van der Waals surface area contributed by atoms with Gasteiger partial charge in [0, 0.05) is 6.54 Å². The Morgan fingerprint density at radius 3 is 2.58 bits per heavy atom. The summed E-state index contributed by atoms with van der Waals surface area (Å²) in [5.41, 5.74) is 1.82. The van der Waals surface area contributed by atoms with Crippen molar-refractivity contribution in [1.82, 2.24) is 5.32 Å². The molecule has 1 heterocycles. The van der Waals surface area contributed by atoms with Crippen LogP contribution < -0.4 is 19.5 Å². The number of ether oxygens (including phenoxy) is 3. The Kier molecular flexibility index (Phi) is 4.46. The third-order valence-corrected chi connectivity index (χ3v) is 3.89. The van der Waals surface area contributed by atoms with E-state index >= 15 is 0 Å². The SMILES string of the molecule is COc1ccc(C2Oc3ccc(CNC(=O)O)cc3OC2C)cc1. The monoisotopic (exact) mass is 329 g/mol. The van der Waals surface area contributed by atoms with Crippen LogP contribution in [0, 0.1) is 0 Å². The maximum absolute atomic E-state index is 10.6. The van der Waals surface area contributed by atoms with Crippen LogP contribution in [-0.2, 0) is 6.54 Å². The summed E-state index contributed by atoms with van der Waals surface area (Å²) in [4.78, 5) is 10.6. The summed E-state index contributed by atoms with van der Waals surface area (Å²) in [6.07, 6.45) is -1.45. The van der Waals surface area contributed by atoms with Crippen molar-refractivity contribution >= 4 is 6.09 Å². The molecule has 0 saturated carbocycles. The van der Waals surface area contributed by atoms with Gasteiger partial charge in [-0.1, -0.05) is 18.2 Å². The molecule has 0 bridgehead atoms. The second-order valence-corrected chi connectivity index (χ2v) is 5.57. The number of benzene rings is 2. The van der Waals surface area contributed by atoms with Crippen molar-refractivity contribution in [2.75, 3.05) is 7.11 Å². The lowest BCUT2D eigenvalue weighted by Gasteiger charge is -2.32. The van der Waals surface area contributed by atoms with Crippen molar-refractivity contribution in [3.05, 3.63) is 53.6 Å². The minimum atomic E-state index is -1.06. The van der Waals surface area contributed by atoms with Crippen molar-refractivity contribution < 1.29 is 24.1 Å². The molecule has 2 unspecified atom stereocenters. The first-order valence-corrected chi connectivity index (χ1v) is 7.64. The van der Waals surface area contributed by atoms with E-state index in [9.17, 15) is 4.79 Å². The normalized spacial score (nSPS) is 18.8. The topological polar surface area (TPSA) is 77.0 Å². The Balaban J connectivity index is 1.78. The fourth-order valence-electron chi connectivity index (χ4n) is 2.66. The van der Waals surface area contributed by atoms with Gasteiger partial charge in [0.05, 0.1) is 7.11 Å². The summed E-state index contributed by atoms with van der Waals surface area (Å²) in [6.45, 7) is 2.17. The van der Waals surface area contributed by atoms with Gasteiger partial charge in [0.2, 0.25) is 0 Å². The zero-order chi connectivity index (χ0) is 17.1. The fourth-order valence-corrected chi connectivity index (χ4v) is 2.66. The van der Waals surface area contributed by atoms with Gasteiger partial charge in [-0.3, -0.25) is 0 Å². The summed E-state index contributed by atoms with van der Waals surface area (Å²) in [7, 11) is 1.63. The standard InChI is InChI=1S/C18H19NO5/c1-11-17(13-4-6-14(22-2)7-5-13)24-15-8-3-12(9-16(15)23-11)10-19-18(20)21/h3-9,11,17,19H,10H2,1-2H3,(H,20,21). The van der Waals surface area contributed by atoms with Crippen LogP contribution in [-0.4, -0.2) is 24.4 Å². The van der Waals surface area contributed by atoms with Crippen molar-refractivity contribution in [1.29, 1.82) is 0 Å². The van der Waals surface area contributed by atoms with E-state index in [0.29, 0.717) is 11.5 Å². The molecular weight excluding hydrogens is 310 g/mol. The lowest BCUT2D eigenvalue weighted by molar-refractivity contribution is 0.0305. The Morgan fingerprint density at radius 1 is 1.17 bits per heavy atom. The van der Waals surface area contributed by atoms with E-state index in [-0.39, 0.29) is 18.8 Å². The number of hydrogen-bond donors (Lipinski definition) is 2. The molecule has 126 valence electrons. The quantitative estimate of drug-likeness (QED) is 0.899. The fraction of sp³-hybridized carbons (Fsp3) is 0.278. The third kappa shape index (κ3) is 3.37. The van der Waals surface area contributed by atoms with Crippen LogP contribution in [0.2, 0.25) is 0 Å². The summed E-state index contributed by atoms with van der Waals surface area (Å²) >= 11 is 0. The average Bonchev–Trinajstić information content (AvgIpc) is 2.59. The molecule has 0 aliphatic carbocycles. The van der Waals surface area contributed by atoms with Gasteiger partial charge < -0.3 is 24.6 Å². The minimum absolute atomic E-state index is 0.173. The molecule has 6 heteroatoms. The molecule has 2 atom stereocenters. The Bertz CT molecular complexity index is 729. The molecule has 0 saturated heterocycles. The lowest BCUT2D eigenvalue weighted by atomic mass is 10.0. The predicted octanol–water partition coefficient (Wildman–Crippen LogP) is 3.36. The number of methoxy groups -OCH3 is 1. The van der Waals surface area contributed by atoms with Gasteiger partial charge in [0.15, 0.2) is 17.6 Å². The Labute approximate surface area is 140 Å². The molecule has 2 N–H and O–H groups in total. The van der Waals surface area contributed by atoms with Crippen LogP contribution in [0.4, 0.5) is 4.79 Å². The molecule has 3 rings (SSSR count). The van der Waals surface area contributed by atoms with E-state index in [1.807, 2.05) is 37.3 Å². The van der Waals surface area contributed by atoms with Crippen molar-refractivity contribution in [2.45, 2.75) is 25.7 Å². The minimum Gasteiger partial charge on any atom is -0.497 e. The number of carbonyl (C=O) groups is 1. The van der Waals surface area contributed by atoms with E-state index in [1.165, 1.54) is 0 Å². The van der Waals surface area contributed by atoms with Gasteiger partial charge in [-0.05, 0) is 42.3 Å². The molecule has 2 aromatic rings. The van der Waals surface area contributed by atoms with Gasteiger partial charge in [0.1, 0.15) is 11.9 Å². The highest BCUT2D eigenvalue weighted by Gasteiger charge is 2.29. The van der Waals surface area contributed by atoms with Crippen molar-refractivity contribution in [3.63, 3.8) is 0 Å². The summed E-state index contributed by atoms with van der Waals surface area (Å²) in [6, 6.07) is 13.1. The first-order chi connectivity index (χ1) is 11.6. The smallest absolute Gasteiger partial charge is 0.404 e. The van der Waals surface area contributed by atoms with E-state index in [2.05, 4.69) is 5.32 Å². The van der Waals surface area contributed by atoms with E-state index in [1.54, 1.807) is 19.2 Å². The van der Waals surface area contributed by atoms with Crippen LogP contribution in [0.3, 0.4) is 0 Å². The number of rotatable bonds is 4. The second-order valence-electron chi connectivity index (χ2n) is 5.57. The largest absolute Gasteiger partial charge is 0.497 e. The van der Waals surface area contributed by atoms with Gasteiger partial charge >= 0.3 is 6.09 Å². The summed E-state index contributed by atoms with van der Waals surface area (Å²) in [5.74, 6) is 2.06. The van der Waals surface area contributed by atoms with Crippen LogP contribution in [0.15, 0.2) is 42.5 Å². The number of nitrogens with one attached hydrogen (secondary N) is 1. The molecule has 0 radical (unpaired) electrons. The average molecular weight is 329 g/mol. The maximum atomic E-state index is 10.6. The van der Waals surface area contributed by atoms with Gasteiger partial charge in [0.25, 0.3) is 0 Å². The second kappa shape index (κ2) is 6.70. The van der Waals surface area contributed by atoms with Gasteiger partial charge in [-0.25, -0.2) is 4.79 Å². The molecule has 2 aromatic carbocycles. The highest BCUT2D eigenvalue weighted by Crippen LogP contribution is 2.40. The first kappa shape index (κ1) is 16.0. The van der Waals surface area contributed by atoms with Gasteiger partial charge in [-0.15, -0.1) is 0 Å². The predicted molar refractivity (Wildman–Crippen MR) is 87.8 cm³/mol. The van der Waals surface area contributed by atoms with Crippen LogP contribution in [0.1, 0.15) is 24.2 Å². The number of carboxylic acid groups (broad SMARTS) is 1. The Morgan fingerprint density at radius 2 is 1.92 bits per heavy atom. The third-order valence-electron chi connectivity index (χ3n) is 3.89. The summed E-state index contributed by atoms with van der Waals surface area (Å²) in [5, 5.41) is 11.0. The van der Waals surface area contributed by atoms with Crippen LogP contribution >= 0.6 is 0 Å². The molecule has 0 fully saturated rings. The molecule has 0 spiro atoms. The number of hydrogen-bond acceptors (Lipinski definition) is 4. The van der Waals surface area contributed by atoms with Crippen LogP contribution in [0.5, 0.6) is 17.2 Å². The highest BCUT2D eigenvalue weighted by atomic mass is 16.6. The number of amides is 1. The van der Waals surface area contributed by atoms with Crippen molar-refractivity contribution in [3.8, 4) is 17.2 Å². The Hall–Kier alpha value is -2.89. The maximum Gasteiger partial charge on any atom is 0.404 e. The molecular formula is C18H19NO5. The van der Waals surface area contributed by atoms with Crippen molar-refractivity contribution in [2.24, 2.45) is 0 Å². The lowest BCUT2D eigenvalue weighted by Crippen LogP contribution is -2.30. The zero-order valence-electron chi connectivity index (χ0n) is 13.5. The molecule has 6 nitrogen and oxygen atoms in total. The molecule has 1 aliphatic heterocycles. The van der Waals surface area contributed by atoms with E-state index in [0.717, 1.165) is 16.9 Å². The highest BCUT2D eigenvalue weighted by molar-refractivity contribution is 5.64.